The number of fused-ring (bicyclic) bond motifs is 4. The lowest BCUT2D eigenvalue weighted by atomic mass is 9.92. The van der Waals surface area contributed by atoms with Crippen LogP contribution in [-0.4, -0.2) is 9.97 Å². The molecule has 0 N–H and O–H groups in total. The van der Waals surface area contributed by atoms with Crippen LogP contribution in [0.2, 0.25) is 0 Å². The van der Waals surface area contributed by atoms with E-state index in [9.17, 15) is 0 Å². The Kier molecular flexibility index (Phi) is 7.71. The zero-order valence-corrected chi connectivity index (χ0v) is 29.6. The summed E-state index contributed by atoms with van der Waals surface area (Å²) < 4.78 is 2.59. The molecule has 0 aliphatic rings. The van der Waals surface area contributed by atoms with E-state index >= 15 is 0 Å². The molecular formula is C50H32N2S. The molecule has 0 radical (unpaired) electrons. The molecule has 3 heteroatoms. The SMILES string of the molecule is c1ccc(-c2cccc(-c3cc(-c4ccc5c(c4)sc4ccccc45)cc(-c4cc(-c5ccccc5)nc(-c5ccc6ccccc6c5)n4)c3)c2)cc1. The van der Waals surface area contributed by atoms with E-state index in [1.807, 2.05) is 17.4 Å². The predicted molar refractivity (Wildman–Crippen MR) is 225 cm³/mol. The van der Waals surface area contributed by atoms with E-state index in [-0.39, 0.29) is 0 Å². The second-order valence-electron chi connectivity index (χ2n) is 13.4. The van der Waals surface area contributed by atoms with Crippen LogP contribution < -0.4 is 0 Å². The fourth-order valence-electron chi connectivity index (χ4n) is 7.33. The van der Waals surface area contributed by atoms with Gasteiger partial charge in [0.1, 0.15) is 0 Å². The van der Waals surface area contributed by atoms with E-state index in [0.717, 1.165) is 44.8 Å². The summed E-state index contributed by atoms with van der Waals surface area (Å²) in [5.41, 5.74) is 11.9. The topological polar surface area (TPSA) is 25.8 Å². The van der Waals surface area contributed by atoms with Gasteiger partial charge in [0.05, 0.1) is 11.4 Å². The first kappa shape index (κ1) is 31.1. The monoisotopic (exact) mass is 692 g/mol. The number of hydrogen-bond donors (Lipinski definition) is 0. The Labute approximate surface area is 312 Å². The lowest BCUT2D eigenvalue weighted by Crippen LogP contribution is -1.96. The summed E-state index contributed by atoms with van der Waals surface area (Å²) in [7, 11) is 0. The first-order chi connectivity index (χ1) is 26.2. The van der Waals surface area contributed by atoms with Crippen LogP contribution in [0.15, 0.2) is 194 Å². The van der Waals surface area contributed by atoms with Crippen molar-refractivity contribution in [3.8, 4) is 67.3 Å². The maximum atomic E-state index is 5.31. The van der Waals surface area contributed by atoms with Crippen molar-refractivity contribution >= 4 is 42.3 Å². The zero-order valence-electron chi connectivity index (χ0n) is 28.8. The molecule has 53 heavy (non-hydrogen) atoms. The Morgan fingerprint density at radius 1 is 0.283 bits per heavy atom. The third-order valence-corrected chi connectivity index (χ3v) is 11.2. The number of thiophene rings is 1. The molecule has 0 amide bonds. The standard InChI is InChI=1S/C50H32N2S/c1-3-12-33(13-4-1)37-18-11-19-38(26-37)41-28-42(39-24-25-45-44-20-9-10-21-48(44)53-49(45)31-39)30-43(29-41)47-32-46(35-15-5-2-6-16-35)51-50(52-47)40-23-22-34-14-7-8-17-36(34)27-40/h1-32H. The van der Waals surface area contributed by atoms with Crippen molar-refractivity contribution in [2.24, 2.45) is 0 Å². The number of rotatable bonds is 6. The maximum absolute atomic E-state index is 5.31. The van der Waals surface area contributed by atoms with Crippen molar-refractivity contribution in [2.75, 3.05) is 0 Å². The van der Waals surface area contributed by atoms with Gasteiger partial charge in [0, 0.05) is 36.9 Å². The molecule has 0 unspecified atom stereocenters. The van der Waals surface area contributed by atoms with Gasteiger partial charge in [0.15, 0.2) is 5.82 Å². The van der Waals surface area contributed by atoms with E-state index < -0.39 is 0 Å². The molecule has 10 aromatic rings. The molecular weight excluding hydrogens is 661 g/mol. The quantitative estimate of drug-likeness (QED) is 0.173. The van der Waals surface area contributed by atoms with E-state index in [1.54, 1.807) is 0 Å². The lowest BCUT2D eigenvalue weighted by molar-refractivity contribution is 1.18. The summed E-state index contributed by atoms with van der Waals surface area (Å²) in [5, 5.41) is 4.97. The van der Waals surface area contributed by atoms with Crippen molar-refractivity contribution in [2.45, 2.75) is 0 Å². The van der Waals surface area contributed by atoms with Gasteiger partial charge in [-0.1, -0.05) is 146 Å². The van der Waals surface area contributed by atoms with Crippen LogP contribution in [-0.2, 0) is 0 Å². The molecule has 0 aliphatic carbocycles. The molecule has 10 rings (SSSR count). The molecule has 248 valence electrons. The molecule has 2 nitrogen and oxygen atoms in total. The van der Waals surface area contributed by atoms with E-state index in [2.05, 4.69) is 188 Å². The van der Waals surface area contributed by atoms with Crippen LogP contribution in [0.3, 0.4) is 0 Å². The van der Waals surface area contributed by atoms with Crippen molar-refractivity contribution in [3.05, 3.63) is 194 Å². The van der Waals surface area contributed by atoms with E-state index in [1.165, 1.54) is 47.6 Å². The molecule has 2 heterocycles. The fraction of sp³-hybridized carbons (Fsp3) is 0. The van der Waals surface area contributed by atoms with Gasteiger partial charge < -0.3 is 0 Å². The Morgan fingerprint density at radius 3 is 1.62 bits per heavy atom. The van der Waals surface area contributed by atoms with Crippen LogP contribution in [0.25, 0.3) is 98.2 Å². The van der Waals surface area contributed by atoms with Gasteiger partial charge in [-0.25, -0.2) is 9.97 Å². The van der Waals surface area contributed by atoms with E-state index in [4.69, 9.17) is 9.97 Å². The summed E-state index contributed by atoms with van der Waals surface area (Å²) in [6, 6.07) is 69.4. The van der Waals surface area contributed by atoms with Gasteiger partial charge in [-0.3, -0.25) is 0 Å². The highest BCUT2D eigenvalue weighted by molar-refractivity contribution is 7.25. The Hall–Kier alpha value is -6.68. The van der Waals surface area contributed by atoms with Crippen molar-refractivity contribution in [3.63, 3.8) is 0 Å². The molecule has 0 bridgehead atoms. The van der Waals surface area contributed by atoms with Crippen LogP contribution >= 0.6 is 11.3 Å². The maximum Gasteiger partial charge on any atom is 0.160 e. The highest BCUT2D eigenvalue weighted by atomic mass is 32.1. The van der Waals surface area contributed by atoms with Gasteiger partial charge >= 0.3 is 0 Å². The molecule has 0 aliphatic heterocycles. The minimum Gasteiger partial charge on any atom is -0.228 e. The number of benzene rings is 8. The van der Waals surface area contributed by atoms with Crippen LogP contribution in [0, 0.1) is 0 Å². The molecule has 0 spiro atoms. The van der Waals surface area contributed by atoms with Crippen molar-refractivity contribution in [1.29, 1.82) is 0 Å². The Balaban J connectivity index is 1.19. The van der Waals surface area contributed by atoms with Gasteiger partial charge in [-0.2, -0.15) is 0 Å². The molecule has 8 aromatic carbocycles. The molecule has 2 aromatic heterocycles. The van der Waals surface area contributed by atoms with Gasteiger partial charge in [0.25, 0.3) is 0 Å². The molecule has 0 fully saturated rings. The van der Waals surface area contributed by atoms with Crippen molar-refractivity contribution < 1.29 is 0 Å². The van der Waals surface area contributed by atoms with Crippen LogP contribution in [0.5, 0.6) is 0 Å². The summed E-state index contributed by atoms with van der Waals surface area (Å²) >= 11 is 1.85. The van der Waals surface area contributed by atoms with Gasteiger partial charge in [-0.15, -0.1) is 11.3 Å². The second-order valence-corrected chi connectivity index (χ2v) is 14.5. The summed E-state index contributed by atoms with van der Waals surface area (Å²) in [6.45, 7) is 0. The minimum atomic E-state index is 0.705. The fourth-order valence-corrected chi connectivity index (χ4v) is 8.48. The average molecular weight is 693 g/mol. The predicted octanol–water partition coefficient (Wildman–Crippen LogP) is 14.0. The zero-order chi connectivity index (χ0) is 35.1. The van der Waals surface area contributed by atoms with Crippen LogP contribution in [0.4, 0.5) is 0 Å². The third-order valence-electron chi connectivity index (χ3n) is 10.0. The summed E-state index contributed by atoms with van der Waals surface area (Å²) in [4.78, 5) is 10.5. The molecule has 0 atom stereocenters. The van der Waals surface area contributed by atoms with Crippen LogP contribution in [0.1, 0.15) is 0 Å². The van der Waals surface area contributed by atoms with Gasteiger partial charge in [-0.05, 0) is 92.7 Å². The lowest BCUT2D eigenvalue weighted by Gasteiger charge is -2.14. The van der Waals surface area contributed by atoms with Gasteiger partial charge in [0.2, 0.25) is 0 Å². The smallest absolute Gasteiger partial charge is 0.160 e. The number of nitrogens with zero attached hydrogens (tertiary/aromatic N) is 2. The summed E-state index contributed by atoms with van der Waals surface area (Å²) in [6.07, 6.45) is 0. The normalized spacial score (nSPS) is 11.4. The first-order valence-corrected chi connectivity index (χ1v) is 18.7. The highest BCUT2D eigenvalue weighted by Crippen LogP contribution is 2.39. The van der Waals surface area contributed by atoms with Crippen molar-refractivity contribution in [1.82, 2.24) is 9.97 Å². The second kappa shape index (κ2) is 13.1. The number of hydrogen-bond acceptors (Lipinski definition) is 3. The summed E-state index contributed by atoms with van der Waals surface area (Å²) in [5.74, 6) is 0.705. The number of aromatic nitrogens is 2. The third kappa shape index (κ3) is 5.97. The largest absolute Gasteiger partial charge is 0.228 e. The first-order valence-electron chi connectivity index (χ1n) is 17.9. The van der Waals surface area contributed by atoms with E-state index in [0.29, 0.717) is 5.82 Å². The Morgan fingerprint density at radius 2 is 0.830 bits per heavy atom. The molecule has 0 saturated carbocycles. The average Bonchev–Trinajstić information content (AvgIpc) is 3.62. The minimum absolute atomic E-state index is 0.705. The molecule has 0 saturated heterocycles. The highest BCUT2D eigenvalue weighted by Gasteiger charge is 2.15. The Bertz CT molecular complexity index is 2950.